The SMILES string of the molecule is CCC/C(=C\c1cc(I)c(O)c(OC)c1)CC[C@@H](O)C1=C(CO)C[C@H]2C(=O)N(C3CCN(Cc4ccccc4)CC3)C(=O)[C@H]2[C@H]1CO. The molecule has 2 saturated heterocycles. The molecule has 2 heterocycles. The molecule has 2 aromatic rings. The summed E-state index contributed by atoms with van der Waals surface area (Å²) < 4.78 is 6.00. The van der Waals surface area contributed by atoms with Gasteiger partial charge in [-0.2, -0.15) is 0 Å². The molecule has 47 heavy (non-hydrogen) atoms. The number of allylic oxidation sites excluding steroid dienone is 1. The first-order chi connectivity index (χ1) is 22.7. The monoisotopic (exact) mass is 758 g/mol. The van der Waals surface area contributed by atoms with Crippen LogP contribution < -0.4 is 4.74 Å². The lowest BCUT2D eigenvalue weighted by molar-refractivity contribution is -0.144. The van der Waals surface area contributed by atoms with E-state index in [1.54, 1.807) is 6.07 Å². The van der Waals surface area contributed by atoms with Crippen molar-refractivity contribution in [2.75, 3.05) is 33.4 Å². The van der Waals surface area contributed by atoms with Crippen molar-refractivity contribution in [3.8, 4) is 11.5 Å². The van der Waals surface area contributed by atoms with Gasteiger partial charge in [-0.3, -0.25) is 19.4 Å². The normalized spacial score (nSPS) is 23.4. The number of phenolic OH excluding ortho intramolecular Hbond substituents is 1. The molecule has 0 bridgehead atoms. The molecule has 5 rings (SSSR count). The van der Waals surface area contributed by atoms with Crippen LogP contribution in [0.3, 0.4) is 0 Å². The van der Waals surface area contributed by atoms with Crippen molar-refractivity contribution in [2.24, 2.45) is 17.8 Å². The van der Waals surface area contributed by atoms with E-state index in [9.17, 15) is 30.0 Å². The second-order valence-electron chi connectivity index (χ2n) is 13.0. The van der Waals surface area contributed by atoms with Gasteiger partial charge in [-0.15, -0.1) is 0 Å². The minimum atomic E-state index is -0.983. The molecule has 0 saturated carbocycles. The highest BCUT2D eigenvalue weighted by molar-refractivity contribution is 14.1. The van der Waals surface area contributed by atoms with Crippen LogP contribution >= 0.6 is 22.6 Å². The second-order valence-corrected chi connectivity index (χ2v) is 14.2. The van der Waals surface area contributed by atoms with Crippen molar-refractivity contribution in [1.82, 2.24) is 9.80 Å². The number of aliphatic hydroxyl groups excluding tert-OH is 3. The molecule has 2 amide bonds. The van der Waals surface area contributed by atoms with E-state index in [0.29, 0.717) is 46.1 Å². The van der Waals surface area contributed by atoms with Crippen molar-refractivity contribution in [3.05, 3.63) is 73.9 Å². The molecular weight excluding hydrogens is 711 g/mol. The smallest absolute Gasteiger partial charge is 0.234 e. The van der Waals surface area contributed by atoms with Crippen molar-refractivity contribution < 1.29 is 34.8 Å². The van der Waals surface area contributed by atoms with Gasteiger partial charge in [0.15, 0.2) is 11.5 Å². The number of aromatic hydroxyl groups is 1. The van der Waals surface area contributed by atoms with Crippen molar-refractivity contribution in [2.45, 2.75) is 70.6 Å². The number of likely N-dealkylation sites (tertiary alicyclic amines) is 2. The van der Waals surface area contributed by atoms with Gasteiger partial charge in [-0.25, -0.2) is 0 Å². The van der Waals surface area contributed by atoms with Crippen LogP contribution in [-0.4, -0.2) is 87.6 Å². The number of halogens is 1. The number of piperidine rings is 1. The zero-order valence-corrected chi connectivity index (χ0v) is 29.4. The molecule has 9 nitrogen and oxygen atoms in total. The van der Waals surface area contributed by atoms with Gasteiger partial charge in [0.1, 0.15) is 0 Å². The number of aliphatic hydroxyl groups is 3. The molecule has 4 atom stereocenters. The Morgan fingerprint density at radius 2 is 1.81 bits per heavy atom. The van der Waals surface area contributed by atoms with Crippen LogP contribution in [0.2, 0.25) is 0 Å². The third-order valence-corrected chi connectivity index (χ3v) is 10.9. The highest BCUT2D eigenvalue weighted by Gasteiger charge is 2.56. The summed E-state index contributed by atoms with van der Waals surface area (Å²) in [4.78, 5) is 31.6. The molecule has 2 fully saturated rings. The number of hydrogen-bond acceptors (Lipinski definition) is 8. The van der Waals surface area contributed by atoms with E-state index in [0.717, 1.165) is 43.6 Å². The fraction of sp³-hybridized carbons (Fsp3) is 0.514. The maximum absolute atomic E-state index is 14.0. The average molecular weight is 759 g/mol. The molecule has 0 unspecified atom stereocenters. The van der Waals surface area contributed by atoms with E-state index in [2.05, 4.69) is 46.5 Å². The number of rotatable bonds is 13. The molecule has 4 N–H and O–H groups in total. The summed E-state index contributed by atoms with van der Waals surface area (Å²) in [5, 5.41) is 42.9. The maximum atomic E-state index is 14.0. The van der Waals surface area contributed by atoms with Crippen LogP contribution in [-0.2, 0) is 16.1 Å². The molecule has 0 spiro atoms. The van der Waals surface area contributed by atoms with Gasteiger partial charge in [0, 0.05) is 31.6 Å². The Bertz CT molecular complexity index is 1490. The van der Waals surface area contributed by atoms with E-state index in [1.165, 1.54) is 17.6 Å². The number of carbonyl (C=O) groups is 2. The van der Waals surface area contributed by atoms with E-state index in [4.69, 9.17) is 4.74 Å². The number of benzene rings is 2. The Hall–Kier alpha value is -2.77. The number of imide groups is 1. The lowest BCUT2D eigenvalue weighted by Crippen LogP contribution is -2.47. The first kappa shape index (κ1) is 35.5. The summed E-state index contributed by atoms with van der Waals surface area (Å²) in [5.41, 5.74) is 4.28. The van der Waals surface area contributed by atoms with Gasteiger partial charge in [0.05, 0.1) is 41.8 Å². The molecule has 3 aliphatic rings. The topological polar surface area (TPSA) is 131 Å². The van der Waals surface area contributed by atoms with E-state index in [-0.39, 0.29) is 43.2 Å². The van der Waals surface area contributed by atoms with Crippen LogP contribution in [0.25, 0.3) is 6.08 Å². The molecular formula is C37H47IN2O7. The largest absolute Gasteiger partial charge is 0.504 e. The van der Waals surface area contributed by atoms with Crippen molar-refractivity contribution in [3.63, 3.8) is 0 Å². The zero-order valence-electron chi connectivity index (χ0n) is 27.3. The van der Waals surface area contributed by atoms with Gasteiger partial charge in [0.25, 0.3) is 0 Å². The molecule has 2 aliphatic heterocycles. The molecule has 0 radical (unpaired) electrons. The minimum absolute atomic E-state index is 0.0962. The number of hydrogen-bond donors (Lipinski definition) is 4. The highest BCUT2D eigenvalue weighted by atomic mass is 127. The maximum Gasteiger partial charge on any atom is 0.234 e. The standard InChI is InChI=1S/C37H47IN2O7/c1-3-7-23(16-25-17-30(38)35(44)32(18-25)47-2)10-11-31(43)33-26(21-41)19-28-34(29(33)22-42)37(46)40(36(28)45)27-12-14-39(15-13-27)20-24-8-5-4-6-9-24/h4-6,8-9,16-18,27-29,31,34,41-44H,3,7,10-15,19-22H2,1-2H3/b23-16+/t28-,29+,31-,34-/m1/s1. The average Bonchev–Trinajstić information content (AvgIpc) is 3.33. The lowest BCUT2D eigenvalue weighted by atomic mass is 9.68. The summed E-state index contributed by atoms with van der Waals surface area (Å²) in [5.74, 6) is -2.10. The summed E-state index contributed by atoms with van der Waals surface area (Å²) in [6.07, 6.45) is 5.27. The minimum Gasteiger partial charge on any atom is -0.504 e. The number of phenols is 1. The van der Waals surface area contributed by atoms with Crippen molar-refractivity contribution in [1.29, 1.82) is 0 Å². The number of amides is 2. The molecule has 1 aliphatic carbocycles. The molecule has 10 heteroatoms. The number of methoxy groups -OCH3 is 1. The first-order valence-corrected chi connectivity index (χ1v) is 17.8. The fourth-order valence-corrected chi connectivity index (χ4v) is 8.43. The van der Waals surface area contributed by atoms with Gasteiger partial charge in [-0.05, 0) is 95.5 Å². The summed E-state index contributed by atoms with van der Waals surface area (Å²) in [7, 11) is 1.51. The second kappa shape index (κ2) is 16.1. The Balaban J connectivity index is 1.29. The van der Waals surface area contributed by atoms with Crippen LogP contribution in [0.1, 0.15) is 63.0 Å². The van der Waals surface area contributed by atoms with Gasteiger partial charge in [0.2, 0.25) is 11.8 Å². The predicted molar refractivity (Wildman–Crippen MR) is 188 cm³/mol. The van der Waals surface area contributed by atoms with Crippen LogP contribution in [0.15, 0.2) is 59.2 Å². The number of nitrogens with zero attached hydrogens (tertiary/aromatic N) is 2. The first-order valence-electron chi connectivity index (χ1n) is 16.7. The van der Waals surface area contributed by atoms with E-state index >= 15 is 0 Å². The Labute approximate surface area is 291 Å². The molecule has 0 aromatic heterocycles. The summed E-state index contributed by atoms with van der Waals surface area (Å²) >= 11 is 2.07. The number of fused-ring (bicyclic) bond motifs is 1. The third-order valence-electron chi connectivity index (χ3n) is 10.1. The van der Waals surface area contributed by atoms with Crippen molar-refractivity contribution >= 4 is 40.5 Å². The fourth-order valence-electron chi connectivity index (χ4n) is 7.80. The Kier molecular flexibility index (Phi) is 12.2. The highest BCUT2D eigenvalue weighted by Crippen LogP contribution is 2.47. The van der Waals surface area contributed by atoms with Gasteiger partial charge < -0.3 is 25.2 Å². The number of carbonyl (C=O) groups excluding carboxylic acids is 2. The lowest BCUT2D eigenvalue weighted by Gasteiger charge is -2.36. The Morgan fingerprint density at radius 1 is 1.09 bits per heavy atom. The Morgan fingerprint density at radius 3 is 2.45 bits per heavy atom. The van der Waals surface area contributed by atoms with Crippen LogP contribution in [0.4, 0.5) is 0 Å². The number of ether oxygens (including phenoxy) is 1. The van der Waals surface area contributed by atoms with Crippen LogP contribution in [0, 0.1) is 21.3 Å². The third kappa shape index (κ3) is 7.77. The summed E-state index contributed by atoms with van der Waals surface area (Å²) in [6.45, 7) is 3.75. The molecule has 254 valence electrons. The van der Waals surface area contributed by atoms with Crippen LogP contribution in [0.5, 0.6) is 11.5 Å². The zero-order chi connectivity index (χ0) is 33.7. The quantitative estimate of drug-likeness (QED) is 0.129. The van der Waals surface area contributed by atoms with Gasteiger partial charge in [-0.1, -0.05) is 55.3 Å². The summed E-state index contributed by atoms with van der Waals surface area (Å²) in [6, 6.07) is 13.7. The van der Waals surface area contributed by atoms with E-state index in [1.807, 2.05) is 30.3 Å². The van der Waals surface area contributed by atoms with E-state index < -0.39 is 23.9 Å². The van der Waals surface area contributed by atoms with Gasteiger partial charge >= 0.3 is 0 Å². The predicted octanol–water partition coefficient (Wildman–Crippen LogP) is 4.90. The molecule has 2 aromatic carbocycles.